The van der Waals surface area contributed by atoms with E-state index in [-0.39, 0.29) is 35.5 Å². The molecule has 0 aromatic heterocycles. The molecule has 0 aromatic rings. The fourth-order valence-corrected chi connectivity index (χ4v) is 10.8. The van der Waals surface area contributed by atoms with Crippen molar-refractivity contribution in [3.05, 3.63) is 0 Å². The molecule has 7 nitrogen and oxygen atoms in total. The highest BCUT2D eigenvalue weighted by Gasteiger charge is 2.63. The number of aliphatic hydroxyl groups excluding tert-OH is 2. The fraction of sp³-hybridized carbons (Fsp3) is 0.964. The molecule has 4 saturated carbocycles. The molecule has 5 fully saturated rings. The molecular formula is C28H47NO6S. The number of nitrogens with zero attached hydrogens (tertiary/aromatic N) is 1. The minimum Gasteiger partial charge on any atom is -0.393 e. The summed E-state index contributed by atoms with van der Waals surface area (Å²) in [6.07, 6.45) is 9.39. The number of hydrogen-bond donors (Lipinski definition) is 3. The van der Waals surface area contributed by atoms with Gasteiger partial charge in [-0.15, -0.1) is 0 Å². The van der Waals surface area contributed by atoms with Crippen molar-refractivity contribution in [2.75, 3.05) is 13.1 Å². The maximum absolute atomic E-state index is 12.8. The second kappa shape index (κ2) is 9.49. The topological polar surface area (TPSA) is 115 Å². The van der Waals surface area contributed by atoms with Crippen LogP contribution in [0.1, 0.15) is 91.4 Å². The largest absolute Gasteiger partial charge is 0.393 e. The number of aliphatic hydroxyl groups is 2. The molecule has 11 atom stereocenters. The summed E-state index contributed by atoms with van der Waals surface area (Å²) in [7, 11) is -4.10. The van der Waals surface area contributed by atoms with Crippen LogP contribution in [0, 0.1) is 46.3 Å². The maximum atomic E-state index is 12.8. The molecule has 36 heavy (non-hydrogen) atoms. The van der Waals surface area contributed by atoms with Gasteiger partial charge in [0, 0.05) is 19.5 Å². The van der Waals surface area contributed by atoms with Crippen molar-refractivity contribution in [2.45, 2.75) is 109 Å². The first-order chi connectivity index (χ1) is 16.9. The molecule has 5 aliphatic rings. The highest BCUT2D eigenvalue weighted by Crippen LogP contribution is 2.68. The Morgan fingerprint density at radius 2 is 1.78 bits per heavy atom. The van der Waals surface area contributed by atoms with Crippen molar-refractivity contribution in [1.82, 2.24) is 4.90 Å². The number of fused-ring (bicyclic) bond motifs is 5. The van der Waals surface area contributed by atoms with Gasteiger partial charge in [-0.25, -0.2) is 0 Å². The average Bonchev–Trinajstić information content (AvgIpc) is 3.45. The molecule has 0 bridgehead atoms. The van der Waals surface area contributed by atoms with E-state index in [4.69, 9.17) is 0 Å². The third-order valence-electron chi connectivity index (χ3n) is 12.2. The first-order valence-corrected chi connectivity index (χ1v) is 16.0. The standard InChI is InChI=1S/C28H47NO6S/c1-17(4-9-26(32)29-13-11-20(16-29)36(33,34)35)22-7-8-23-21-6-5-18-14-19(30)10-12-27(18,2)24(21)15-25(31)28(22,23)3/h17-25,30-31H,4-16H2,1-3H3,(H,33,34,35)/t17-,18-,19-,20+,21+,22-,23+,24+,25+,27+,28-/m1/s1. The number of carbonyl (C=O) groups is 1. The van der Waals surface area contributed by atoms with Crippen LogP contribution in [0.25, 0.3) is 0 Å². The Kier molecular flexibility index (Phi) is 7.09. The van der Waals surface area contributed by atoms with E-state index in [0.717, 1.165) is 44.9 Å². The van der Waals surface area contributed by atoms with Gasteiger partial charge in [-0.2, -0.15) is 8.42 Å². The smallest absolute Gasteiger partial charge is 0.269 e. The molecule has 4 aliphatic carbocycles. The molecule has 5 rings (SSSR count). The van der Waals surface area contributed by atoms with E-state index < -0.39 is 15.4 Å². The molecule has 0 unspecified atom stereocenters. The zero-order chi connectivity index (χ0) is 26.0. The third kappa shape index (κ3) is 4.36. The first kappa shape index (κ1) is 26.9. The summed E-state index contributed by atoms with van der Waals surface area (Å²) >= 11 is 0. The predicted octanol–water partition coefficient (Wildman–Crippen LogP) is 3.88. The monoisotopic (exact) mass is 525 g/mol. The van der Waals surface area contributed by atoms with Gasteiger partial charge in [0.1, 0.15) is 5.25 Å². The molecular weight excluding hydrogens is 478 g/mol. The SMILES string of the molecule is C[C@H](CCC(=O)N1CC[C@H](S(=O)(=O)O)C1)[C@H]1CC[C@H]2[C@@H]3CC[C@@H]4C[C@H](O)CC[C@]4(C)[C@H]3C[C@H](O)[C@]12C. The molecule has 1 saturated heterocycles. The van der Waals surface area contributed by atoms with Crippen LogP contribution in [-0.2, 0) is 14.9 Å². The Bertz CT molecular complexity index is 956. The summed E-state index contributed by atoms with van der Waals surface area (Å²) in [6, 6.07) is 0. The zero-order valence-corrected chi connectivity index (χ0v) is 23.1. The lowest BCUT2D eigenvalue weighted by Crippen LogP contribution is -2.58. The zero-order valence-electron chi connectivity index (χ0n) is 22.3. The summed E-state index contributed by atoms with van der Waals surface area (Å²) in [6.45, 7) is 7.48. The lowest BCUT2D eigenvalue weighted by atomic mass is 9.43. The molecule has 1 aliphatic heterocycles. The van der Waals surface area contributed by atoms with Gasteiger partial charge in [0.05, 0.1) is 12.2 Å². The third-order valence-corrected chi connectivity index (χ3v) is 13.5. The Labute approximate surface area is 217 Å². The molecule has 0 aromatic carbocycles. The van der Waals surface area contributed by atoms with Gasteiger partial charge in [-0.1, -0.05) is 20.8 Å². The van der Waals surface area contributed by atoms with Gasteiger partial charge in [-0.3, -0.25) is 9.35 Å². The van der Waals surface area contributed by atoms with E-state index in [1.807, 2.05) is 0 Å². The highest BCUT2D eigenvalue weighted by molar-refractivity contribution is 7.86. The van der Waals surface area contributed by atoms with Gasteiger partial charge >= 0.3 is 0 Å². The molecule has 3 N–H and O–H groups in total. The van der Waals surface area contributed by atoms with Crippen molar-refractivity contribution in [1.29, 1.82) is 0 Å². The van der Waals surface area contributed by atoms with E-state index >= 15 is 0 Å². The van der Waals surface area contributed by atoms with E-state index in [1.54, 1.807) is 4.90 Å². The predicted molar refractivity (Wildman–Crippen MR) is 138 cm³/mol. The lowest BCUT2D eigenvalue weighted by molar-refractivity contribution is -0.175. The van der Waals surface area contributed by atoms with Gasteiger partial charge in [0.15, 0.2) is 0 Å². The van der Waals surface area contributed by atoms with Crippen LogP contribution in [-0.4, -0.2) is 64.5 Å². The van der Waals surface area contributed by atoms with Crippen molar-refractivity contribution in [3.63, 3.8) is 0 Å². The number of hydrogen-bond acceptors (Lipinski definition) is 5. The molecule has 8 heteroatoms. The van der Waals surface area contributed by atoms with Crippen LogP contribution in [0.3, 0.4) is 0 Å². The summed E-state index contributed by atoms with van der Waals surface area (Å²) in [4.78, 5) is 14.4. The van der Waals surface area contributed by atoms with Crippen molar-refractivity contribution >= 4 is 16.0 Å². The second-order valence-corrected chi connectivity index (χ2v) is 15.4. The number of likely N-dealkylation sites (tertiary alicyclic amines) is 1. The summed E-state index contributed by atoms with van der Waals surface area (Å²) in [5, 5.41) is 21.1. The minimum absolute atomic E-state index is 0.0253. The molecule has 1 heterocycles. The molecule has 1 amide bonds. The Hall–Kier alpha value is -0.700. The lowest BCUT2D eigenvalue weighted by Gasteiger charge is -2.62. The Morgan fingerprint density at radius 1 is 1.03 bits per heavy atom. The average molecular weight is 526 g/mol. The van der Waals surface area contributed by atoms with E-state index in [1.165, 1.54) is 12.8 Å². The van der Waals surface area contributed by atoms with Crippen LogP contribution in [0.5, 0.6) is 0 Å². The van der Waals surface area contributed by atoms with Gasteiger partial charge < -0.3 is 15.1 Å². The van der Waals surface area contributed by atoms with Crippen molar-refractivity contribution < 1.29 is 28.0 Å². The van der Waals surface area contributed by atoms with Gasteiger partial charge in [0.2, 0.25) is 5.91 Å². The number of rotatable bonds is 5. The van der Waals surface area contributed by atoms with E-state index in [9.17, 15) is 28.0 Å². The fourth-order valence-electron chi connectivity index (χ4n) is 10.1. The number of amides is 1. The summed E-state index contributed by atoms with van der Waals surface area (Å²) in [5.41, 5.74) is 0.112. The normalized spacial score (nSPS) is 47.7. The van der Waals surface area contributed by atoms with Gasteiger partial charge in [0.25, 0.3) is 10.1 Å². The van der Waals surface area contributed by atoms with Crippen molar-refractivity contribution in [3.8, 4) is 0 Å². The molecule has 0 spiro atoms. The second-order valence-electron chi connectivity index (χ2n) is 13.7. The van der Waals surface area contributed by atoms with E-state index in [0.29, 0.717) is 54.9 Å². The molecule has 0 radical (unpaired) electrons. The Balaban J connectivity index is 1.24. The van der Waals surface area contributed by atoms with E-state index in [2.05, 4.69) is 20.8 Å². The van der Waals surface area contributed by atoms with Crippen LogP contribution in [0.2, 0.25) is 0 Å². The maximum Gasteiger partial charge on any atom is 0.269 e. The van der Waals surface area contributed by atoms with Crippen LogP contribution < -0.4 is 0 Å². The van der Waals surface area contributed by atoms with Crippen molar-refractivity contribution in [2.24, 2.45) is 46.3 Å². The highest BCUT2D eigenvalue weighted by atomic mass is 32.2. The van der Waals surface area contributed by atoms with Crippen LogP contribution in [0.15, 0.2) is 0 Å². The minimum atomic E-state index is -4.10. The van der Waals surface area contributed by atoms with Crippen LogP contribution in [0.4, 0.5) is 0 Å². The Morgan fingerprint density at radius 3 is 2.47 bits per heavy atom. The van der Waals surface area contributed by atoms with Gasteiger partial charge in [-0.05, 0) is 111 Å². The van der Waals surface area contributed by atoms with Crippen LogP contribution >= 0.6 is 0 Å². The summed E-state index contributed by atoms with van der Waals surface area (Å²) < 4.78 is 32.2. The first-order valence-electron chi connectivity index (χ1n) is 14.5. The summed E-state index contributed by atoms with van der Waals surface area (Å²) in [5.74, 6) is 2.96. The molecule has 206 valence electrons. The number of carbonyl (C=O) groups excluding carboxylic acids is 1. The quantitative estimate of drug-likeness (QED) is 0.469.